The van der Waals surface area contributed by atoms with Gasteiger partial charge < -0.3 is 20.0 Å². The van der Waals surface area contributed by atoms with Crippen LogP contribution in [0.15, 0.2) is 22.8 Å². The minimum absolute atomic E-state index is 0.0812. The average Bonchev–Trinajstić information content (AvgIpc) is 3.15. The molecule has 0 aromatic carbocycles. The Labute approximate surface area is 143 Å². The summed E-state index contributed by atoms with van der Waals surface area (Å²) in [7, 11) is 0. The number of furan rings is 1. The molecule has 6 nitrogen and oxygen atoms in total. The third-order valence-corrected chi connectivity index (χ3v) is 5.38. The molecule has 2 atom stereocenters. The van der Waals surface area contributed by atoms with Gasteiger partial charge >= 0.3 is 0 Å². The fourth-order valence-corrected chi connectivity index (χ4v) is 3.83. The highest BCUT2D eigenvalue weighted by molar-refractivity contribution is 5.95. The molecule has 1 aromatic heterocycles. The molecule has 0 saturated carbocycles. The lowest BCUT2D eigenvalue weighted by Gasteiger charge is -2.40. The van der Waals surface area contributed by atoms with Crippen LogP contribution in [-0.2, 0) is 4.79 Å². The molecular weight excluding hydrogens is 306 g/mol. The Morgan fingerprint density at radius 3 is 2.58 bits per heavy atom. The molecule has 2 N–H and O–H groups in total. The predicted molar refractivity (Wildman–Crippen MR) is 90.3 cm³/mol. The Morgan fingerprint density at radius 1 is 1.21 bits per heavy atom. The molecule has 2 aliphatic heterocycles. The van der Waals surface area contributed by atoms with Crippen LogP contribution in [0.5, 0.6) is 0 Å². The monoisotopic (exact) mass is 333 g/mol. The standard InChI is InChI=1S/C18H27N3O3/c1-13(19)14-7-10-20(11-8-14)17(22)15-5-2-3-9-21(15)18(23)16-6-4-12-24-16/h4,6,12-15H,2-3,5,7-11,19H2,1H3. The lowest BCUT2D eigenvalue weighted by Crippen LogP contribution is -2.54. The van der Waals surface area contributed by atoms with E-state index in [9.17, 15) is 9.59 Å². The second-order valence-electron chi connectivity index (χ2n) is 7.01. The van der Waals surface area contributed by atoms with Crippen molar-refractivity contribution in [2.24, 2.45) is 11.7 Å². The van der Waals surface area contributed by atoms with Gasteiger partial charge in [0.15, 0.2) is 5.76 Å². The van der Waals surface area contributed by atoms with E-state index in [1.807, 2.05) is 11.8 Å². The summed E-state index contributed by atoms with van der Waals surface area (Å²) in [4.78, 5) is 29.2. The molecule has 0 radical (unpaired) electrons. The van der Waals surface area contributed by atoms with Crippen molar-refractivity contribution in [3.8, 4) is 0 Å². The van der Waals surface area contributed by atoms with Crippen molar-refractivity contribution in [3.05, 3.63) is 24.2 Å². The van der Waals surface area contributed by atoms with E-state index in [1.54, 1.807) is 17.0 Å². The van der Waals surface area contributed by atoms with Crippen molar-refractivity contribution in [2.45, 2.75) is 51.1 Å². The van der Waals surface area contributed by atoms with Gasteiger partial charge in [0.25, 0.3) is 5.91 Å². The Bertz CT molecular complexity index is 562. The Morgan fingerprint density at radius 2 is 1.96 bits per heavy atom. The van der Waals surface area contributed by atoms with Crippen molar-refractivity contribution < 1.29 is 14.0 Å². The number of nitrogens with two attached hydrogens (primary N) is 1. The van der Waals surface area contributed by atoms with Crippen LogP contribution in [0.3, 0.4) is 0 Å². The number of piperidine rings is 2. The summed E-state index contributed by atoms with van der Waals surface area (Å²) in [6.07, 6.45) is 6.04. The van der Waals surface area contributed by atoms with Crippen LogP contribution < -0.4 is 5.73 Å². The summed E-state index contributed by atoms with van der Waals surface area (Å²) in [5.74, 6) is 0.702. The highest BCUT2D eigenvalue weighted by Gasteiger charge is 2.37. The first-order valence-electron chi connectivity index (χ1n) is 8.96. The highest BCUT2D eigenvalue weighted by Crippen LogP contribution is 2.25. The van der Waals surface area contributed by atoms with Crippen molar-refractivity contribution in [1.82, 2.24) is 9.80 Å². The van der Waals surface area contributed by atoms with Crippen LogP contribution in [0.2, 0.25) is 0 Å². The largest absolute Gasteiger partial charge is 0.459 e. The van der Waals surface area contributed by atoms with Gasteiger partial charge in [-0.15, -0.1) is 0 Å². The topological polar surface area (TPSA) is 79.8 Å². The normalized spacial score (nSPS) is 24.0. The minimum Gasteiger partial charge on any atom is -0.459 e. The number of hydrogen-bond donors (Lipinski definition) is 1. The summed E-state index contributed by atoms with van der Waals surface area (Å²) in [6, 6.07) is 3.18. The van der Waals surface area contributed by atoms with Crippen molar-refractivity contribution in [1.29, 1.82) is 0 Å². The van der Waals surface area contributed by atoms with Gasteiger partial charge in [0.1, 0.15) is 6.04 Å². The van der Waals surface area contributed by atoms with E-state index in [0.717, 1.165) is 45.2 Å². The van der Waals surface area contributed by atoms with Gasteiger partial charge in [0.2, 0.25) is 5.91 Å². The van der Waals surface area contributed by atoms with E-state index >= 15 is 0 Å². The number of hydrogen-bond acceptors (Lipinski definition) is 4. The molecule has 3 heterocycles. The van der Waals surface area contributed by atoms with Crippen LogP contribution in [0.25, 0.3) is 0 Å². The zero-order chi connectivity index (χ0) is 17.1. The zero-order valence-corrected chi connectivity index (χ0v) is 14.3. The summed E-state index contributed by atoms with van der Waals surface area (Å²) in [6.45, 7) is 4.13. The zero-order valence-electron chi connectivity index (χ0n) is 14.3. The van der Waals surface area contributed by atoms with E-state index in [4.69, 9.17) is 10.2 Å². The van der Waals surface area contributed by atoms with E-state index in [2.05, 4.69) is 0 Å². The van der Waals surface area contributed by atoms with Crippen LogP contribution in [0.4, 0.5) is 0 Å². The van der Waals surface area contributed by atoms with Gasteiger partial charge in [-0.2, -0.15) is 0 Å². The number of carbonyl (C=O) groups excluding carboxylic acids is 2. The third kappa shape index (κ3) is 3.48. The molecule has 0 spiro atoms. The van der Waals surface area contributed by atoms with Crippen LogP contribution in [0.1, 0.15) is 49.6 Å². The number of likely N-dealkylation sites (tertiary alicyclic amines) is 2. The van der Waals surface area contributed by atoms with E-state index < -0.39 is 0 Å². The van der Waals surface area contributed by atoms with Gasteiger partial charge in [0.05, 0.1) is 6.26 Å². The maximum Gasteiger partial charge on any atom is 0.290 e. The van der Waals surface area contributed by atoms with Crippen molar-refractivity contribution in [3.63, 3.8) is 0 Å². The number of amides is 2. The van der Waals surface area contributed by atoms with E-state index in [0.29, 0.717) is 18.2 Å². The summed E-state index contributed by atoms with van der Waals surface area (Å²) >= 11 is 0. The molecule has 0 aliphatic carbocycles. The first-order chi connectivity index (χ1) is 11.6. The average molecular weight is 333 g/mol. The molecule has 2 unspecified atom stereocenters. The Kier molecular flexibility index (Phi) is 5.23. The highest BCUT2D eigenvalue weighted by atomic mass is 16.3. The van der Waals surface area contributed by atoms with Gasteiger partial charge in [0, 0.05) is 25.7 Å². The molecule has 24 heavy (non-hydrogen) atoms. The molecule has 2 fully saturated rings. The lowest BCUT2D eigenvalue weighted by molar-refractivity contribution is -0.138. The first kappa shape index (κ1) is 17.0. The van der Waals surface area contributed by atoms with E-state index in [1.165, 1.54) is 6.26 Å². The van der Waals surface area contributed by atoms with Crippen molar-refractivity contribution >= 4 is 11.8 Å². The predicted octanol–water partition coefficient (Wildman–Crippen LogP) is 1.86. The van der Waals surface area contributed by atoms with Gasteiger partial charge in [-0.25, -0.2) is 0 Å². The van der Waals surface area contributed by atoms with Crippen LogP contribution in [-0.4, -0.2) is 53.3 Å². The number of nitrogens with zero attached hydrogens (tertiary/aromatic N) is 2. The van der Waals surface area contributed by atoms with Gasteiger partial charge in [-0.1, -0.05) is 0 Å². The first-order valence-corrected chi connectivity index (χ1v) is 8.96. The number of carbonyl (C=O) groups is 2. The molecule has 1 aromatic rings. The fourth-order valence-electron chi connectivity index (χ4n) is 3.83. The van der Waals surface area contributed by atoms with Crippen LogP contribution in [0, 0.1) is 5.92 Å². The van der Waals surface area contributed by atoms with E-state index in [-0.39, 0.29) is 23.9 Å². The Hall–Kier alpha value is -1.82. The molecule has 2 amide bonds. The SMILES string of the molecule is CC(N)C1CCN(C(=O)C2CCCCN2C(=O)c2ccco2)CC1. The van der Waals surface area contributed by atoms with Gasteiger partial charge in [-0.05, 0) is 57.1 Å². The molecular formula is C18H27N3O3. The smallest absolute Gasteiger partial charge is 0.290 e. The van der Waals surface area contributed by atoms with Crippen molar-refractivity contribution in [2.75, 3.05) is 19.6 Å². The number of rotatable bonds is 3. The minimum atomic E-state index is -0.358. The lowest BCUT2D eigenvalue weighted by atomic mass is 9.90. The second kappa shape index (κ2) is 7.38. The second-order valence-corrected chi connectivity index (χ2v) is 7.01. The molecule has 3 rings (SSSR count). The molecule has 2 aliphatic rings. The maximum atomic E-state index is 13.0. The summed E-state index contributed by atoms with van der Waals surface area (Å²) < 4.78 is 5.23. The fraction of sp³-hybridized carbons (Fsp3) is 0.667. The quantitative estimate of drug-likeness (QED) is 0.915. The molecule has 6 heteroatoms. The summed E-state index contributed by atoms with van der Waals surface area (Å²) in [5, 5.41) is 0. The Balaban J connectivity index is 1.67. The molecule has 132 valence electrons. The maximum absolute atomic E-state index is 13.0. The summed E-state index contributed by atoms with van der Waals surface area (Å²) in [5.41, 5.74) is 5.98. The van der Waals surface area contributed by atoms with Gasteiger partial charge in [-0.3, -0.25) is 9.59 Å². The van der Waals surface area contributed by atoms with Crippen LogP contribution >= 0.6 is 0 Å². The molecule has 0 bridgehead atoms. The third-order valence-electron chi connectivity index (χ3n) is 5.38. The molecule has 2 saturated heterocycles.